The Morgan fingerprint density at radius 2 is 1.70 bits per heavy atom. The van der Waals surface area contributed by atoms with Gasteiger partial charge in [-0.15, -0.1) is 12.4 Å². The minimum atomic E-state index is -0.121. The molecule has 2 heterocycles. The highest BCUT2D eigenvalue weighted by Gasteiger charge is 2.13. The highest BCUT2D eigenvalue weighted by Crippen LogP contribution is 2.24. The molecule has 5 heteroatoms. The minimum absolute atomic E-state index is 0. The van der Waals surface area contributed by atoms with E-state index in [1.165, 1.54) is 0 Å². The molecule has 1 amide bonds. The van der Waals surface area contributed by atoms with Gasteiger partial charge in [0.25, 0.3) is 5.91 Å². The van der Waals surface area contributed by atoms with E-state index in [-0.39, 0.29) is 18.3 Å². The van der Waals surface area contributed by atoms with Gasteiger partial charge in [0.05, 0.1) is 16.8 Å². The van der Waals surface area contributed by atoms with Gasteiger partial charge >= 0.3 is 0 Å². The van der Waals surface area contributed by atoms with Crippen LogP contribution in [0.25, 0.3) is 22.2 Å². The first-order valence-corrected chi connectivity index (χ1v) is 8.43. The monoisotopic (exact) mass is 375 g/mol. The van der Waals surface area contributed by atoms with Crippen LogP contribution in [0.5, 0.6) is 0 Å². The summed E-state index contributed by atoms with van der Waals surface area (Å²) in [5, 5.41) is 3.82. The molecule has 2 aromatic carbocycles. The van der Waals surface area contributed by atoms with Crippen molar-refractivity contribution in [3.63, 3.8) is 0 Å². The van der Waals surface area contributed by atoms with Gasteiger partial charge < -0.3 is 5.32 Å². The summed E-state index contributed by atoms with van der Waals surface area (Å²) < 4.78 is 0. The molecule has 0 fully saturated rings. The van der Waals surface area contributed by atoms with Gasteiger partial charge in [0.1, 0.15) is 0 Å². The third-order valence-electron chi connectivity index (χ3n) is 4.21. The lowest BCUT2D eigenvalue weighted by molar-refractivity contribution is 0.0952. The lowest BCUT2D eigenvalue weighted by Gasteiger charge is -2.10. The van der Waals surface area contributed by atoms with Crippen molar-refractivity contribution in [3.8, 4) is 11.3 Å². The van der Waals surface area contributed by atoms with Gasteiger partial charge in [0.2, 0.25) is 0 Å². The zero-order valence-corrected chi connectivity index (χ0v) is 15.3. The molecule has 0 saturated carbocycles. The fourth-order valence-electron chi connectivity index (χ4n) is 2.90. The van der Waals surface area contributed by atoms with E-state index in [0.717, 1.165) is 27.7 Å². The Bertz CT molecular complexity index is 1050. The maximum absolute atomic E-state index is 12.9. The van der Waals surface area contributed by atoms with Crippen LogP contribution in [-0.2, 0) is 6.54 Å². The standard InChI is InChI=1S/C22H17N3O.ClH/c26-22(24-15-16-7-6-12-23-14-16)19-13-21(17-8-2-1-3-9-17)25-20-11-5-4-10-18(19)20;/h1-14H,15H2,(H,24,26);1H. The number of benzene rings is 2. The lowest BCUT2D eigenvalue weighted by Crippen LogP contribution is -2.23. The van der Waals surface area contributed by atoms with Crippen LogP contribution in [-0.4, -0.2) is 15.9 Å². The Kier molecular flexibility index (Phi) is 5.79. The van der Waals surface area contributed by atoms with E-state index < -0.39 is 0 Å². The summed E-state index contributed by atoms with van der Waals surface area (Å²) in [7, 11) is 0. The van der Waals surface area contributed by atoms with Crippen LogP contribution in [0.3, 0.4) is 0 Å². The fraction of sp³-hybridized carbons (Fsp3) is 0.0455. The van der Waals surface area contributed by atoms with E-state index in [2.05, 4.69) is 10.3 Å². The zero-order chi connectivity index (χ0) is 17.8. The summed E-state index contributed by atoms with van der Waals surface area (Å²) in [6.45, 7) is 0.435. The summed E-state index contributed by atoms with van der Waals surface area (Å²) in [6, 6.07) is 23.2. The normalized spacial score (nSPS) is 10.2. The van der Waals surface area contributed by atoms with Crippen LogP contribution in [0.15, 0.2) is 85.2 Å². The Morgan fingerprint density at radius 1 is 0.926 bits per heavy atom. The molecule has 0 aliphatic rings. The van der Waals surface area contributed by atoms with Crippen molar-refractivity contribution in [2.75, 3.05) is 0 Å². The van der Waals surface area contributed by atoms with Crippen molar-refractivity contribution in [1.29, 1.82) is 0 Å². The molecule has 2 aromatic heterocycles. The van der Waals surface area contributed by atoms with Gasteiger partial charge in [-0.25, -0.2) is 4.98 Å². The number of hydrogen-bond donors (Lipinski definition) is 1. The third kappa shape index (κ3) is 4.13. The molecule has 27 heavy (non-hydrogen) atoms. The molecule has 0 unspecified atom stereocenters. The number of amides is 1. The van der Waals surface area contributed by atoms with Crippen LogP contribution in [0.1, 0.15) is 15.9 Å². The molecule has 0 spiro atoms. The van der Waals surface area contributed by atoms with Crippen molar-refractivity contribution in [2.24, 2.45) is 0 Å². The van der Waals surface area contributed by atoms with Gasteiger partial charge in [0, 0.05) is 29.9 Å². The third-order valence-corrected chi connectivity index (χ3v) is 4.21. The summed E-state index contributed by atoms with van der Waals surface area (Å²) >= 11 is 0. The Balaban J connectivity index is 0.00000210. The second-order valence-corrected chi connectivity index (χ2v) is 5.98. The average molecular weight is 376 g/mol. The number of fused-ring (bicyclic) bond motifs is 1. The maximum atomic E-state index is 12.9. The van der Waals surface area contributed by atoms with Gasteiger partial charge in [-0.1, -0.05) is 54.6 Å². The van der Waals surface area contributed by atoms with E-state index in [4.69, 9.17) is 4.98 Å². The van der Waals surface area contributed by atoms with Gasteiger partial charge in [0.15, 0.2) is 0 Å². The SMILES string of the molecule is Cl.O=C(NCc1cccnc1)c1cc(-c2ccccc2)nc2ccccc12. The molecule has 0 radical (unpaired) electrons. The molecule has 0 aliphatic carbocycles. The summed E-state index contributed by atoms with van der Waals surface area (Å²) in [6.07, 6.45) is 3.47. The summed E-state index contributed by atoms with van der Waals surface area (Å²) in [5.41, 5.74) is 4.16. The number of rotatable bonds is 4. The van der Waals surface area contributed by atoms with Gasteiger partial charge in [-0.3, -0.25) is 9.78 Å². The van der Waals surface area contributed by atoms with Crippen LogP contribution >= 0.6 is 12.4 Å². The number of carbonyl (C=O) groups excluding carboxylic acids is 1. The van der Waals surface area contributed by atoms with Crippen molar-refractivity contribution in [2.45, 2.75) is 6.54 Å². The van der Waals surface area contributed by atoms with E-state index in [1.807, 2.05) is 72.8 Å². The Labute approximate surface area is 163 Å². The number of aromatic nitrogens is 2. The molecular weight excluding hydrogens is 358 g/mol. The first kappa shape index (κ1) is 18.5. The van der Waals surface area contributed by atoms with Crippen LogP contribution in [0, 0.1) is 0 Å². The van der Waals surface area contributed by atoms with E-state index in [9.17, 15) is 4.79 Å². The van der Waals surface area contributed by atoms with Crippen molar-refractivity contribution in [3.05, 3.63) is 96.3 Å². The molecule has 134 valence electrons. The largest absolute Gasteiger partial charge is 0.348 e. The second-order valence-electron chi connectivity index (χ2n) is 5.98. The smallest absolute Gasteiger partial charge is 0.252 e. The highest BCUT2D eigenvalue weighted by molar-refractivity contribution is 6.07. The zero-order valence-electron chi connectivity index (χ0n) is 14.5. The molecular formula is C22H18ClN3O. The number of nitrogens with zero attached hydrogens (tertiary/aromatic N) is 2. The first-order chi connectivity index (χ1) is 12.8. The minimum Gasteiger partial charge on any atom is -0.348 e. The van der Waals surface area contributed by atoms with E-state index in [1.54, 1.807) is 12.4 Å². The van der Waals surface area contributed by atoms with Gasteiger partial charge in [-0.05, 0) is 23.8 Å². The number of carbonyl (C=O) groups is 1. The van der Waals surface area contributed by atoms with Crippen molar-refractivity contribution in [1.82, 2.24) is 15.3 Å². The Hall–Kier alpha value is -3.24. The fourth-order valence-corrected chi connectivity index (χ4v) is 2.90. The number of pyridine rings is 2. The number of hydrogen-bond acceptors (Lipinski definition) is 3. The summed E-state index contributed by atoms with van der Waals surface area (Å²) in [4.78, 5) is 21.7. The number of halogens is 1. The van der Waals surface area contributed by atoms with Crippen LogP contribution < -0.4 is 5.32 Å². The topological polar surface area (TPSA) is 54.9 Å². The average Bonchev–Trinajstić information content (AvgIpc) is 2.72. The molecule has 0 atom stereocenters. The summed E-state index contributed by atoms with van der Waals surface area (Å²) in [5.74, 6) is -0.121. The predicted octanol–water partition coefficient (Wildman–Crippen LogP) is 4.65. The predicted molar refractivity (Wildman–Crippen MR) is 110 cm³/mol. The van der Waals surface area contributed by atoms with Crippen molar-refractivity contribution >= 4 is 29.2 Å². The molecule has 1 N–H and O–H groups in total. The van der Waals surface area contributed by atoms with Gasteiger partial charge in [-0.2, -0.15) is 0 Å². The molecule has 0 saturated heterocycles. The molecule has 4 rings (SSSR count). The molecule has 4 aromatic rings. The van der Waals surface area contributed by atoms with E-state index >= 15 is 0 Å². The number of para-hydroxylation sites is 1. The molecule has 0 aliphatic heterocycles. The lowest BCUT2D eigenvalue weighted by atomic mass is 10.0. The maximum Gasteiger partial charge on any atom is 0.252 e. The molecule has 0 bridgehead atoms. The first-order valence-electron chi connectivity index (χ1n) is 8.43. The highest BCUT2D eigenvalue weighted by atomic mass is 35.5. The Morgan fingerprint density at radius 3 is 2.48 bits per heavy atom. The molecule has 4 nitrogen and oxygen atoms in total. The number of nitrogens with one attached hydrogen (secondary N) is 1. The van der Waals surface area contributed by atoms with Crippen molar-refractivity contribution < 1.29 is 4.79 Å². The quantitative estimate of drug-likeness (QED) is 0.565. The van der Waals surface area contributed by atoms with Crippen LogP contribution in [0.2, 0.25) is 0 Å². The second kappa shape index (κ2) is 8.43. The van der Waals surface area contributed by atoms with Crippen LogP contribution in [0.4, 0.5) is 0 Å². The van der Waals surface area contributed by atoms with E-state index in [0.29, 0.717) is 12.1 Å².